The van der Waals surface area contributed by atoms with Crippen LogP contribution in [0.25, 0.3) is 0 Å². The van der Waals surface area contributed by atoms with Crippen LogP contribution in [0.15, 0.2) is 16.7 Å². The Labute approximate surface area is 117 Å². The SMILES string of the molecule is CC1CN(Cc2cc(CNC(C)(C)C)co2)CC1C. The Balaban J connectivity index is 1.84. The van der Waals surface area contributed by atoms with E-state index in [-0.39, 0.29) is 5.54 Å². The molecule has 0 radical (unpaired) electrons. The van der Waals surface area contributed by atoms with Crippen LogP contribution in [0.4, 0.5) is 0 Å². The van der Waals surface area contributed by atoms with E-state index >= 15 is 0 Å². The van der Waals surface area contributed by atoms with Crippen molar-refractivity contribution >= 4 is 0 Å². The largest absolute Gasteiger partial charge is 0.468 e. The summed E-state index contributed by atoms with van der Waals surface area (Å²) < 4.78 is 5.68. The molecule has 0 amide bonds. The first-order valence-corrected chi connectivity index (χ1v) is 7.37. The maximum atomic E-state index is 5.68. The van der Waals surface area contributed by atoms with E-state index in [1.165, 1.54) is 18.7 Å². The Morgan fingerprint density at radius 3 is 2.47 bits per heavy atom. The average Bonchev–Trinajstić information content (AvgIpc) is 2.84. The van der Waals surface area contributed by atoms with E-state index in [1.807, 2.05) is 6.26 Å². The van der Waals surface area contributed by atoms with Gasteiger partial charge in [0.2, 0.25) is 0 Å². The van der Waals surface area contributed by atoms with Crippen molar-refractivity contribution in [1.29, 1.82) is 0 Å². The van der Waals surface area contributed by atoms with E-state index in [0.29, 0.717) is 0 Å². The molecule has 1 aliphatic rings. The Morgan fingerprint density at radius 2 is 1.89 bits per heavy atom. The molecule has 1 saturated heterocycles. The van der Waals surface area contributed by atoms with Gasteiger partial charge in [0.1, 0.15) is 5.76 Å². The summed E-state index contributed by atoms with van der Waals surface area (Å²) in [6, 6.07) is 2.19. The minimum Gasteiger partial charge on any atom is -0.468 e. The monoisotopic (exact) mass is 264 g/mol. The number of rotatable bonds is 4. The molecule has 3 nitrogen and oxygen atoms in total. The van der Waals surface area contributed by atoms with Crippen molar-refractivity contribution in [3.8, 4) is 0 Å². The second-order valence-electron chi connectivity index (χ2n) is 7.17. The molecule has 1 N–H and O–H groups in total. The first-order valence-electron chi connectivity index (χ1n) is 7.37. The summed E-state index contributed by atoms with van der Waals surface area (Å²) in [5.41, 5.74) is 1.39. The minimum atomic E-state index is 0.150. The summed E-state index contributed by atoms with van der Waals surface area (Å²) in [7, 11) is 0. The third-order valence-electron chi connectivity index (χ3n) is 3.97. The van der Waals surface area contributed by atoms with Crippen LogP contribution in [0.3, 0.4) is 0 Å². The van der Waals surface area contributed by atoms with Gasteiger partial charge in [0.15, 0.2) is 0 Å². The topological polar surface area (TPSA) is 28.4 Å². The molecule has 1 fully saturated rings. The van der Waals surface area contributed by atoms with Gasteiger partial charge >= 0.3 is 0 Å². The number of hydrogen-bond acceptors (Lipinski definition) is 3. The first kappa shape index (κ1) is 14.6. The molecule has 2 rings (SSSR count). The summed E-state index contributed by atoms with van der Waals surface area (Å²) >= 11 is 0. The van der Waals surface area contributed by atoms with E-state index in [0.717, 1.165) is 30.7 Å². The van der Waals surface area contributed by atoms with Gasteiger partial charge in [-0.25, -0.2) is 0 Å². The molecule has 2 unspecified atom stereocenters. The van der Waals surface area contributed by atoms with Crippen molar-refractivity contribution in [2.45, 2.75) is 53.2 Å². The minimum absolute atomic E-state index is 0.150. The Hall–Kier alpha value is -0.800. The van der Waals surface area contributed by atoms with E-state index < -0.39 is 0 Å². The smallest absolute Gasteiger partial charge is 0.118 e. The van der Waals surface area contributed by atoms with Gasteiger partial charge in [-0.2, -0.15) is 0 Å². The third kappa shape index (κ3) is 4.36. The number of likely N-dealkylation sites (tertiary alicyclic amines) is 1. The number of nitrogens with zero attached hydrogens (tertiary/aromatic N) is 1. The molecule has 1 aromatic heterocycles. The van der Waals surface area contributed by atoms with Crippen molar-refractivity contribution in [3.63, 3.8) is 0 Å². The van der Waals surface area contributed by atoms with E-state index in [2.05, 4.69) is 50.9 Å². The average molecular weight is 264 g/mol. The number of nitrogens with one attached hydrogen (secondary N) is 1. The predicted octanol–water partition coefficient (Wildman–Crippen LogP) is 3.26. The molecule has 1 aromatic rings. The van der Waals surface area contributed by atoms with Crippen molar-refractivity contribution in [2.75, 3.05) is 13.1 Å². The third-order valence-corrected chi connectivity index (χ3v) is 3.97. The Kier molecular flexibility index (Phi) is 4.36. The highest BCUT2D eigenvalue weighted by Gasteiger charge is 2.26. The Bertz CT molecular complexity index is 395. The van der Waals surface area contributed by atoms with E-state index in [1.54, 1.807) is 0 Å². The molecular formula is C16H28N2O. The second kappa shape index (κ2) is 5.68. The molecule has 1 aliphatic heterocycles. The van der Waals surface area contributed by atoms with Crippen molar-refractivity contribution in [1.82, 2.24) is 10.2 Å². The zero-order chi connectivity index (χ0) is 14.0. The summed E-state index contributed by atoms with van der Waals surface area (Å²) in [6.07, 6.45) is 1.89. The van der Waals surface area contributed by atoms with Crippen molar-refractivity contribution < 1.29 is 4.42 Å². The van der Waals surface area contributed by atoms with Crippen LogP contribution in [0, 0.1) is 11.8 Å². The van der Waals surface area contributed by atoms with Gasteiger partial charge in [-0.15, -0.1) is 0 Å². The summed E-state index contributed by atoms with van der Waals surface area (Å²) in [6.45, 7) is 15.4. The molecule has 19 heavy (non-hydrogen) atoms. The first-order chi connectivity index (χ1) is 8.83. The van der Waals surface area contributed by atoms with Crippen LogP contribution in [0.2, 0.25) is 0 Å². The lowest BCUT2D eigenvalue weighted by molar-refractivity contribution is 0.285. The van der Waals surface area contributed by atoms with Crippen LogP contribution in [0.5, 0.6) is 0 Å². The van der Waals surface area contributed by atoms with Gasteiger partial charge in [0.05, 0.1) is 12.8 Å². The molecule has 0 aliphatic carbocycles. The van der Waals surface area contributed by atoms with Crippen LogP contribution < -0.4 is 5.32 Å². The normalized spacial score (nSPS) is 25.1. The fourth-order valence-electron chi connectivity index (χ4n) is 2.57. The maximum Gasteiger partial charge on any atom is 0.118 e. The van der Waals surface area contributed by atoms with Crippen molar-refractivity contribution in [2.24, 2.45) is 11.8 Å². The molecule has 0 spiro atoms. The standard InChI is InChI=1S/C16H28N2O/c1-12-8-18(9-13(12)2)10-15-6-14(11-19-15)7-17-16(3,4)5/h6,11-13,17H,7-10H2,1-5H3. The van der Waals surface area contributed by atoms with E-state index in [4.69, 9.17) is 4.42 Å². The molecule has 2 heterocycles. The van der Waals surface area contributed by atoms with Gasteiger partial charge < -0.3 is 9.73 Å². The van der Waals surface area contributed by atoms with Gasteiger partial charge in [-0.3, -0.25) is 4.90 Å². The van der Waals surface area contributed by atoms with Crippen LogP contribution >= 0.6 is 0 Å². The van der Waals surface area contributed by atoms with Crippen LogP contribution in [0.1, 0.15) is 45.9 Å². The molecule has 108 valence electrons. The maximum absolute atomic E-state index is 5.68. The van der Waals surface area contributed by atoms with Gasteiger partial charge in [0.25, 0.3) is 0 Å². The highest BCUT2D eigenvalue weighted by Crippen LogP contribution is 2.24. The summed E-state index contributed by atoms with van der Waals surface area (Å²) in [5, 5.41) is 3.49. The number of furan rings is 1. The quantitative estimate of drug-likeness (QED) is 0.905. The summed E-state index contributed by atoms with van der Waals surface area (Å²) in [5.74, 6) is 2.70. The Morgan fingerprint density at radius 1 is 1.26 bits per heavy atom. The molecule has 0 saturated carbocycles. The molecule has 2 atom stereocenters. The fourth-order valence-corrected chi connectivity index (χ4v) is 2.57. The molecular weight excluding hydrogens is 236 g/mol. The molecule has 0 bridgehead atoms. The van der Waals surface area contributed by atoms with Crippen LogP contribution in [-0.4, -0.2) is 23.5 Å². The lowest BCUT2D eigenvalue weighted by Gasteiger charge is -2.19. The van der Waals surface area contributed by atoms with E-state index in [9.17, 15) is 0 Å². The van der Waals surface area contributed by atoms with Crippen molar-refractivity contribution in [3.05, 3.63) is 23.7 Å². The molecule has 0 aromatic carbocycles. The predicted molar refractivity (Wildman–Crippen MR) is 78.9 cm³/mol. The zero-order valence-corrected chi connectivity index (χ0v) is 13.0. The van der Waals surface area contributed by atoms with Gasteiger partial charge in [0, 0.05) is 30.7 Å². The highest BCUT2D eigenvalue weighted by molar-refractivity contribution is 5.13. The van der Waals surface area contributed by atoms with Gasteiger partial charge in [-0.05, 0) is 38.7 Å². The highest BCUT2D eigenvalue weighted by atomic mass is 16.3. The second-order valence-corrected chi connectivity index (χ2v) is 7.17. The lowest BCUT2D eigenvalue weighted by atomic mass is 10.0. The van der Waals surface area contributed by atoms with Gasteiger partial charge in [-0.1, -0.05) is 13.8 Å². The summed E-state index contributed by atoms with van der Waals surface area (Å²) in [4.78, 5) is 2.50. The fraction of sp³-hybridized carbons (Fsp3) is 0.750. The lowest BCUT2D eigenvalue weighted by Crippen LogP contribution is -2.34. The molecule has 3 heteroatoms. The number of hydrogen-bond donors (Lipinski definition) is 1. The van der Waals surface area contributed by atoms with Crippen LogP contribution in [-0.2, 0) is 13.1 Å². The zero-order valence-electron chi connectivity index (χ0n) is 13.0.